The summed E-state index contributed by atoms with van der Waals surface area (Å²) in [5.41, 5.74) is 7.91. The van der Waals surface area contributed by atoms with Crippen molar-refractivity contribution in [2.24, 2.45) is 5.73 Å². The second-order valence-electron chi connectivity index (χ2n) is 3.97. The Morgan fingerprint density at radius 3 is 2.69 bits per heavy atom. The summed E-state index contributed by atoms with van der Waals surface area (Å²) in [5.74, 6) is 0.725. The van der Waals surface area contributed by atoms with Gasteiger partial charge in [-0.15, -0.1) is 0 Å². The van der Waals surface area contributed by atoms with E-state index in [2.05, 4.69) is 6.07 Å². The van der Waals surface area contributed by atoms with Gasteiger partial charge in [0.15, 0.2) is 6.10 Å². The van der Waals surface area contributed by atoms with Crippen LogP contribution in [0, 0.1) is 18.3 Å². The fourth-order valence-electron chi connectivity index (χ4n) is 1.47. The highest BCUT2D eigenvalue weighted by Gasteiger charge is 2.12. The summed E-state index contributed by atoms with van der Waals surface area (Å²) >= 11 is 0. The predicted molar refractivity (Wildman–Crippen MR) is 64.1 cm³/mol. The topological polar surface area (TPSA) is 59.0 Å². The van der Waals surface area contributed by atoms with Crippen molar-refractivity contribution in [1.29, 1.82) is 5.26 Å². The summed E-state index contributed by atoms with van der Waals surface area (Å²) in [7, 11) is 0. The van der Waals surface area contributed by atoms with Gasteiger partial charge in [0.2, 0.25) is 0 Å². The van der Waals surface area contributed by atoms with Gasteiger partial charge in [0, 0.05) is 11.6 Å². The minimum atomic E-state index is -0.403. The van der Waals surface area contributed by atoms with E-state index in [0.29, 0.717) is 6.42 Å². The molecule has 2 N–H and O–H groups in total. The van der Waals surface area contributed by atoms with Crippen molar-refractivity contribution in [2.45, 2.75) is 39.3 Å². The van der Waals surface area contributed by atoms with Crippen molar-refractivity contribution in [2.75, 3.05) is 0 Å². The Labute approximate surface area is 96.8 Å². The summed E-state index contributed by atoms with van der Waals surface area (Å²) in [6, 6.07) is 7.92. The zero-order chi connectivity index (χ0) is 12.1. The maximum atomic E-state index is 8.88. The lowest BCUT2D eigenvalue weighted by Gasteiger charge is -2.17. The first kappa shape index (κ1) is 12.5. The number of hydrogen-bond acceptors (Lipinski definition) is 3. The molecule has 0 amide bonds. The average Bonchev–Trinajstić information content (AvgIpc) is 2.25. The fourth-order valence-corrected chi connectivity index (χ4v) is 1.47. The Bertz CT molecular complexity index is 393. The molecule has 0 fully saturated rings. The largest absolute Gasteiger partial charge is 0.475 e. The number of rotatable bonds is 4. The SMILES string of the molecule is CCC(C#N)Oc1cc(C)ccc1C(C)N. The van der Waals surface area contributed by atoms with Gasteiger partial charge < -0.3 is 10.5 Å². The van der Waals surface area contributed by atoms with E-state index in [1.807, 2.05) is 39.0 Å². The molecule has 1 aromatic rings. The van der Waals surface area contributed by atoms with Crippen LogP contribution in [0.25, 0.3) is 0 Å². The molecule has 0 aliphatic carbocycles. The van der Waals surface area contributed by atoms with Gasteiger partial charge in [-0.3, -0.25) is 0 Å². The zero-order valence-electron chi connectivity index (χ0n) is 10.0. The van der Waals surface area contributed by atoms with Gasteiger partial charge in [-0.05, 0) is 31.9 Å². The molecule has 3 nitrogen and oxygen atoms in total. The standard InChI is InChI=1S/C13H18N2O/c1-4-11(8-14)16-13-7-9(2)5-6-12(13)10(3)15/h5-7,10-11H,4,15H2,1-3H3. The first-order chi connectivity index (χ1) is 7.58. The Hall–Kier alpha value is -1.53. The Balaban J connectivity index is 3.01. The van der Waals surface area contributed by atoms with Crippen LogP contribution in [0.3, 0.4) is 0 Å². The number of nitrogens with zero attached hydrogens (tertiary/aromatic N) is 1. The van der Waals surface area contributed by atoms with E-state index < -0.39 is 6.10 Å². The second-order valence-corrected chi connectivity index (χ2v) is 3.97. The van der Waals surface area contributed by atoms with Gasteiger partial charge in [-0.1, -0.05) is 19.1 Å². The van der Waals surface area contributed by atoms with Crippen LogP contribution in [0.4, 0.5) is 0 Å². The van der Waals surface area contributed by atoms with E-state index in [1.165, 1.54) is 0 Å². The quantitative estimate of drug-likeness (QED) is 0.845. The lowest BCUT2D eigenvalue weighted by atomic mass is 10.1. The van der Waals surface area contributed by atoms with Crippen LogP contribution in [0.15, 0.2) is 18.2 Å². The first-order valence-corrected chi connectivity index (χ1v) is 5.50. The molecular formula is C13H18N2O. The summed E-state index contributed by atoms with van der Waals surface area (Å²) in [5, 5.41) is 8.88. The van der Waals surface area contributed by atoms with Crippen molar-refractivity contribution in [3.63, 3.8) is 0 Å². The van der Waals surface area contributed by atoms with Gasteiger partial charge in [0.1, 0.15) is 11.8 Å². The fraction of sp³-hybridized carbons (Fsp3) is 0.462. The molecule has 0 radical (unpaired) electrons. The van der Waals surface area contributed by atoms with E-state index in [-0.39, 0.29) is 6.04 Å². The van der Waals surface area contributed by atoms with Gasteiger partial charge >= 0.3 is 0 Å². The minimum absolute atomic E-state index is 0.0909. The molecule has 0 saturated heterocycles. The molecule has 3 heteroatoms. The van der Waals surface area contributed by atoms with Gasteiger partial charge in [0.25, 0.3) is 0 Å². The lowest BCUT2D eigenvalue weighted by molar-refractivity contribution is 0.248. The lowest BCUT2D eigenvalue weighted by Crippen LogP contribution is -2.15. The molecule has 16 heavy (non-hydrogen) atoms. The van der Waals surface area contributed by atoms with Crippen LogP contribution in [0.2, 0.25) is 0 Å². The smallest absolute Gasteiger partial charge is 0.184 e. The number of hydrogen-bond donors (Lipinski definition) is 1. The van der Waals surface area contributed by atoms with Crippen LogP contribution in [-0.2, 0) is 0 Å². The highest BCUT2D eigenvalue weighted by molar-refractivity contribution is 5.39. The molecule has 0 bridgehead atoms. The van der Waals surface area contributed by atoms with Crippen molar-refractivity contribution < 1.29 is 4.74 Å². The first-order valence-electron chi connectivity index (χ1n) is 5.50. The van der Waals surface area contributed by atoms with E-state index in [4.69, 9.17) is 15.7 Å². The third-order valence-corrected chi connectivity index (χ3v) is 2.44. The third kappa shape index (κ3) is 2.98. The van der Waals surface area contributed by atoms with Crippen molar-refractivity contribution in [1.82, 2.24) is 0 Å². The molecule has 2 atom stereocenters. The Morgan fingerprint density at radius 2 is 2.19 bits per heavy atom. The molecule has 0 saturated carbocycles. The van der Waals surface area contributed by atoms with Crippen molar-refractivity contribution in [3.05, 3.63) is 29.3 Å². The summed E-state index contributed by atoms with van der Waals surface area (Å²) in [4.78, 5) is 0. The number of nitrogens with two attached hydrogens (primary N) is 1. The third-order valence-electron chi connectivity index (χ3n) is 2.44. The van der Waals surface area contributed by atoms with Crippen molar-refractivity contribution >= 4 is 0 Å². The Morgan fingerprint density at radius 1 is 1.50 bits per heavy atom. The zero-order valence-corrected chi connectivity index (χ0v) is 10.0. The minimum Gasteiger partial charge on any atom is -0.475 e. The van der Waals surface area contributed by atoms with Crippen LogP contribution >= 0.6 is 0 Å². The molecule has 0 spiro atoms. The number of aryl methyl sites for hydroxylation is 1. The predicted octanol–water partition coefficient (Wildman–Crippen LogP) is 2.70. The van der Waals surface area contributed by atoms with Crippen molar-refractivity contribution in [3.8, 4) is 11.8 Å². The average molecular weight is 218 g/mol. The number of nitriles is 1. The maximum absolute atomic E-state index is 8.88. The Kier molecular flexibility index (Phi) is 4.33. The normalized spacial score (nSPS) is 13.9. The molecule has 0 aliphatic rings. The van der Waals surface area contributed by atoms with Crippen LogP contribution in [0.1, 0.15) is 37.4 Å². The molecule has 0 heterocycles. The van der Waals surface area contributed by atoms with Gasteiger partial charge in [-0.2, -0.15) is 5.26 Å². The molecule has 2 unspecified atom stereocenters. The van der Waals surface area contributed by atoms with Crippen LogP contribution in [0.5, 0.6) is 5.75 Å². The number of ether oxygens (including phenoxy) is 1. The molecule has 1 rings (SSSR count). The van der Waals surface area contributed by atoms with Crippen LogP contribution in [-0.4, -0.2) is 6.10 Å². The maximum Gasteiger partial charge on any atom is 0.184 e. The number of benzene rings is 1. The van der Waals surface area contributed by atoms with E-state index >= 15 is 0 Å². The monoisotopic (exact) mass is 218 g/mol. The molecular weight excluding hydrogens is 200 g/mol. The summed E-state index contributed by atoms with van der Waals surface area (Å²) in [6.45, 7) is 5.82. The second kappa shape index (κ2) is 5.53. The highest BCUT2D eigenvalue weighted by atomic mass is 16.5. The molecule has 1 aromatic carbocycles. The van der Waals surface area contributed by atoms with E-state index in [1.54, 1.807) is 0 Å². The van der Waals surface area contributed by atoms with Crippen LogP contribution < -0.4 is 10.5 Å². The summed E-state index contributed by atoms with van der Waals surface area (Å²) in [6.07, 6.45) is 0.266. The molecule has 0 aliphatic heterocycles. The molecule has 86 valence electrons. The van der Waals surface area contributed by atoms with Gasteiger partial charge in [0.05, 0.1) is 0 Å². The summed E-state index contributed by atoms with van der Waals surface area (Å²) < 4.78 is 5.64. The van der Waals surface area contributed by atoms with E-state index in [9.17, 15) is 0 Å². The van der Waals surface area contributed by atoms with E-state index in [0.717, 1.165) is 16.9 Å². The molecule has 0 aromatic heterocycles. The van der Waals surface area contributed by atoms with Gasteiger partial charge in [-0.25, -0.2) is 0 Å². The highest BCUT2D eigenvalue weighted by Crippen LogP contribution is 2.26.